The van der Waals surface area contributed by atoms with E-state index in [4.69, 9.17) is 0 Å². The van der Waals surface area contributed by atoms with Crippen LogP contribution in [0.2, 0.25) is 0 Å². The maximum atomic E-state index is 13.0. The Hall–Kier alpha value is -2.30. The summed E-state index contributed by atoms with van der Waals surface area (Å²) in [6.45, 7) is 6.78. The van der Waals surface area contributed by atoms with Gasteiger partial charge in [0.2, 0.25) is 0 Å². The van der Waals surface area contributed by atoms with Crippen LogP contribution in [0.1, 0.15) is 32.4 Å². The lowest BCUT2D eigenvalue weighted by Gasteiger charge is -2.31. The number of rotatable bonds is 3. The van der Waals surface area contributed by atoms with E-state index in [1.807, 2.05) is 35.2 Å². The third-order valence-electron chi connectivity index (χ3n) is 4.98. The summed E-state index contributed by atoms with van der Waals surface area (Å²) in [5, 5.41) is 2.95. The molecule has 5 nitrogen and oxygen atoms in total. The van der Waals surface area contributed by atoms with E-state index in [-0.39, 0.29) is 24.0 Å². The minimum Gasteiger partial charge on any atom is -0.330 e. The van der Waals surface area contributed by atoms with Crippen LogP contribution in [0.5, 0.6) is 0 Å². The van der Waals surface area contributed by atoms with Gasteiger partial charge in [-0.05, 0) is 18.4 Å². The maximum Gasteiger partial charge on any atom is 0.322 e. The molecule has 3 amide bonds. The monoisotopic (exact) mass is 313 g/mol. The molecule has 0 aliphatic carbocycles. The van der Waals surface area contributed by atoms with E-state index in [1.165, 1.54) is 0 Å². The lowest BCUT2D eigenvalue weighted by molar-refractivity contribution is -0.128. The van der Waals surface area contributed by atoms with Gasteiger partial charge in [0, 0.05) is 13.1 Å². The molecule has 2 aliphatic heterocycles. The normalized spacial score (nSPS) is 22.6. The minimum atomic E-state index is -0.369. The molecule has 2 aliphatic rings. The Labute approximate surface area is 137 Å². The summed E-state index contributed by atoms with van der Waals surface area (Å²) >= 11 is 0. The number of hydrogen-bond acceptors (Lipinski definition) is 2. The summed E-state index contributed by atoms with van der Waals surface area (Å²) < 4.78 is 0. The highest BCUT2D eigenvalue weighted by Crippen LogP contribution is 2.36. The number of likely N-dealkylation sites (N-methyl/N-ethyl adjacent to an activating group) is 1. The molecule has 0 bridgehead atoms. The number of nitrogens with one attached hydrogen (secondary N) is 1. The number of nitrogens with zero attached hydrogens (tertiary/aromatic N) is 2. The number of amides is 3. The predicted octanol–water partition coefficient (Wildman–Crippen LogP) is 2.52. The Morgan fingerprint density at radius 1 is 1.13 bits per heavy atom. The fraction of sp³-hybridized carbons (Fsp3) is 0.444. The van der Waals surface area contributed by atoms with Crippen LogP contribution in [0.15, 0.2) is 41.6 Å². The summed E-state index contributed by atoms with van der Waals surface area (Å²) in [6, 6.07) is 9.27. The van der Waals surface area contributed by atoms with Crippen LogP contribution in [0, 0.1) is 5.92 Å². The average Bonchev–Trinajstić information content (AvgIpc) is 2.89. The molecule has 2 atom stereocenters. The largest absolute Gasteiger partial charge is 0.330 e. The lowest BCUT2D eigenvalue weighted by atomic mass is 9.95. The Morgan fingerprint density at radius 2 is 1.78 bits per heavy atom. The zero-order chi connectivity index (χ0) is 16.7. The standard InChI is InChI=1S/C18H23N3O2/c1-11(2)12(3)21-10-14-15(17(21)22)16(19-18(23)20(14)4)13-8-6-5-7-9-13/h5-9,11-12,16H,10H2,1-4H3,(H,19,23)/t12-,16+/m0/s1. The van der Waals surface area contributed by atoms with Crippen molar-refractivity contribution in [2.75, 3.05) is 13.6 Å². The van der Waals surface area contributed by atoms with Gasteiger partial charge < -0.3 is 10.2 Å². The van der Waals surface area contributed by atoms with E-state index in [9.17, 15) is 9.59 Å². The molecular formula is C18H23N3O2. The third-order valence-corrected chi connectivity index (χ3v) is 4.98. The Bertz CT molecular complexity index is 666. The van der Waals surface area contributed by atoms with Crippen molar-refractivity contribution in [1.29, 1.82) is 0 Å². The van der Waals surface area contributed by atoms with Gasteiger partial charge in [-0.2, -0.15) is 0 Å². The average molecular weight is 313 g/mol. The van der Waals surface area contributed by atoms with Gasteiger partial charge in [0.15, 0.2) is 0 Å². The van der Waals surface area contributed by atoms with Crippen LogP contribution in [0.4, 0.5) is 4.79 Å². The number of hydrogen-bond donors (Lipinski definition) is 1. The molecule has 0 fully saturated rings. The Balaban J connectivity index is 2.02. The van der Waals surface area contributed by atoms with E-state index >= 15 is 0 Å². The van der Waals surface area contributed by atoms with Crippen molar-refractivity contribution < 1.29 is 9.59 Å². The molecule has 5 heteroatoms. The van der Waals surface area contributed by atoms with Gasteiger partial charge in [-0.15, -0.1) is 0 Å². The highest BCUT2D eigenvalue weighted by molar-refractivity contribution is 6.01. The second kappa shape index (κ2) is 5.72. The predicted molar refractivity (Wildman–Crippen MR) is 88.5 cm³/mol. The molecule has 0 saturated heterocycles. The first kappa shape index (κ1) is 15.6. The van der Waals surface area contributed by atoms with Crippen LogP contribution in [-0.2, 0) is 4.79 Å². The van der Waals surface area contributed by atoms with Gasteiger partial charge in [-0.1, -0.05) is 44.2 Å². The van der Waals surface area contributed by atoms with Gasteiger partial charge in [-0.3, -0.25) is 9.69 Å². The maximum absolute atomic E-state index is 13.0. The minimum absolute atomic E-state index is 0.0295. The first-order chi connectivity index (χ1) is 10.9. The van der Waals surface area contributed by atoms with Crippen molar-refractivity contribution in [3.8, 4) is 0 Å². The van der Waals surface area contributed by atoms with Crippen LogP contribution < -0.4 is 5.32 Å². The van der Waals surface area contributed by atoms with Crippen molar-refractivity contribution in [3.05, 3.63) is 47.2 Å². The zero-order valence-electron chi connectivity index (χ0n) is 14.0. The number of urea groups is 1. The molecule has 3 rings (SSSR count). The quantitative estimate of drug-likeness (QED) is 0.932. The van der Waals surface area contributed by atoms with E-state index in [0.717, 1.165) is 11.3 Å². The highest BCUT2D eigenvalue weighted by Gasteiger charge is 2.44. The van der Waals surface area contributed by atoms with Crippen molar-refractivity contribution in [3.63, 3.8) is 0 Å². The molecule has 0 aromatic heterocycles. The van der Waals surface area contributed by atoms with Gasteiger partial charge in [0.05, 0.1) is 23.9 Å². The molecule has 122 valence electrons. The lowest BCUT2D eigenvalue weighted by Crippen LogP contribution is -2.45. The molecule has 0 unspecified atom stereocenters. The molecule has 1 aromatic carbocycles. The first-order valence-electron chi connectivity index (χ1n) is 8.05. The van der Waals surface area contributed by atoms with E-state index < -0.39 is 0 Å². The van der Waals surface area contributed by atoms with Gasteiger partial charge in [-0.25, -0.2) is 4.79 Å². The van der Waals surface area contributed by atoms with E-state index in [2.05, 4.69) is 26.1 Å². The topological polar surface area (TPSA) is 52.7 Å². The van der Waals surface area contributed by atoms with Crippen molar-refractivity contribution in [1.82, 2.24) is 15.1 Å². The molecular weight excluding hydrogens is 290 g/mol. The molecule has 0 spiro atoms. The van der Waals surface area contributed by atoms with Gasteiger partial charge in [0.25, 0.3) is 5.91 Å². The zero-order valence-corrected chi connectivity index (χ0v) is 14.0. The van der Waals surface area contributed by atoms with Crippen molar-refractivity contribution >= 4 is 11.9 Å². The van der Waals surface area contributed by atoms with Crippen molar-refractivity contribution in [2.24, 2.45) is 5.92 Å². The second-order valence-electron chi connectivity index (χ2n) is 6.63. The Morgan fingerprint density at radius 3 is 2.39 bits per heavy atom. The van der Waals surface area contributed by atoms with Crippen LogP contribution in [-0.4, -0.2) is 41.4 Å². The summed E-state index contributed by atoms with van der Waals surface area (Å²) in [5.74, 6) is 0.395. The van der Waals surface area contributed by atoms with Crippen LogP contribution in [0.3, 0.4) is 0 Å². The van der Waals surface area contributed by atoms with Crippen LogP contribution in [0.25, 0.3) is 0 Å². The number of carbonyl (C=O) groups excluding carboxylic acids is 2. The van der Waals surface area contributed by atoms with E-state index in [1.54, 1.807) is 11.9 Å². The first-order valence-corrected chi connectivity index (χ1v) is 8.05. The smallest absolute Gasteiger partial charge is 0.322 e. The SMILES string of the molecule is CC(C)[C@H](C)N1CC2=C(C1=O)[C@@H](c1ccccc1)NC(=O)N2C. The Kier molecular flexibility index (Phi) is 3.88. The summed E-state index contributed by atoms with van der Waals surface area (Å²) in [7, 11) is 1.72. The van der Waals surface area contributed by atoms with Crippen molar-refractivity contribution in [2.45, 2.75) is 32.9 Å². The molecule has 1 aromatic rings. The second-order valence-corrected chi connectivity index (χ2v) is 6.63. The number of carbonyl (C=O) groups is 2. The van der Waals surface area contributed by atoms with Gasteiger partial charge >= 0.3 is 6.03 Å². The fourth-order valence-corrected chi connectivity index (χ4v) is 3.17. The fourth-order valence-electron chi connectivity index (χ4n) is 3.17. The summed E-state index contributed by atoms with van der Waals surface area (Å²) in [4.78, 5) is 28.7. The van der Waals surface area contributed by atoms with Gasteiger partial charge in [0.1, 0.15) is 0 Å². The van der Waals surface area contributed by atoms with Crippen LogP contribution >= 0.6 is 0 Å². The molecule has 0 saturated carbocycles. The summed E-state index contributed by atoms with van der Waals surface area (Å²) in [6.07, 6.45) is 0. The number of benzene rings is 1. The molecule has 1 N–H and O–H groups in total. The van der Waals surface area contributed by atoms with E-state index in [0.29, 0.717) is 18.0 Å². The molecule has 23 heavy (non-hydrogen) atoms. The summed E-state index contributed by atoms with van der Waals surface area (Å²) in [5.41, 5.74) is 2.46. The third kappa shape index (κ3) is 2.50. The molecule has 2 heterocycles. The highest BCUT2D eigenvalue weighted by atomic mass is 16.2. The molecule has 0 radical (unpaired) electrons.